The summed E-state index contributed by atoms with van der Waals surface area (Å²) in [6.45, 7) is 0.445. The highest BCUT2D eigenvalue weighted by Gasteiger charge is 2.38. The Morgan fingerprint density at radius 2 is 1.87 bits per heavy atom. The fraction of sp³-hybridized carbons (Fsp3) is 0.346. The lowest BCUT2D eigenvalue weighted by molar-refractivity contribution is -0.142. The normalized spacial score (nSPS) is 13.3. The second kappa shape index (κ2) is 11.1. The number of likely N-dealkylation sites (N-methyl/N-ethyl adjacent to an activating group) is 1. The van der Waals surface area contributed by atoms with Crippen molar-refractivity contribution in [2.45, 2.75) is 38.5 Å². The van der Waals surface area contributed by atoms with Crippen LogP contribution in [0.5, 0.6) is 11.5 Å². The first-order valence-corrected chi connectivity index (χ1v) is 11.8. The van der Waals surface area contributed by atoms with Crippen LogP contribution >= 0.6 is 0 Å². The van der Waals surface area contributed by atoms with Gasteiger partial charge >= 0.3 is 6.18 Å². The molecule has 0 saturated carbocycles. The number of fused-ring (bicyclic) bond motifs is 1. The summed E-state index contributed by atoms with van der Waals surface area (Å²) in [6.07, 6.45) is -4.84. The van der Waals surface area contributed by atoms with Crippen molar-refractivity contribution >= 4 is 17.5 Å². The number of nitrogens with zero attached hydrogens (tertiary/aromatic N) is 3. The molecule has 202 valence electrons. The zero-order valence-corrected chi connectivity index (χ0v) is 20.8. The van der Waals surface area contributed by atoms with Crippen molar-refractivity contribution in [1.29, 1.82) is 0 Å². The smallest absolute Gasteiger partial charge is 0.435 e. The summed E-state index contributed by atoms with van der Waals surface area (Å²) in [6, 6.07) is 13.0. The fourth-order valence-corrected chi connectivity index (χ4v) is 4.26. The van der Waals surface area contributed by atoms with E-state index in [2.05, 4.69) is 10.4 Å². The van der Waals surface area contributed by atoms with E-state index in [1.807, 2.05) is 6.07 Å². The van der Waals surface area contributed by atoms with E-state index in [-0.39, 0.29) is 30.9 Å². The largest absolute Gasteiger partial charge is 0.454 e. The molecule has 0 aliphatic carbocycles. The molecule has 2 N–H and O–H groups in total. The Bertz CT molecular complexity index is 1310. The Hall–Kier alpha value is -4.06. The molecule has 2 amide bonds. The van der Waals surface area contributed by atoms with Crippen molar-refractivity contribution in [2.75, 3.05) is 25.3 Å². The lowest BCUT2D eigenvalue weighted by atomic mass is 10.0. The lowest BCUT2D eigenvalue weighted by Crippen LogP contribution is -2.49. The standard InChI is InChI=1S/C26H27F3N4O5/c1-16-19(10-11-34)24(26(27,28)29)31-33(16)14-23(35)30-20(12-17-6-4-3-5-7-17)25(36)32(2)18-8-9-21-22(13-18)38-15-37-21/h3-9,13,20,34H,10-12,14-15H2,1-2H3,(H,30,35). The summed E-state index contributed by atoms with van der Waals surface area (Å²) in [5.74, 6) is -0.0836. The van der Waals surface area contributed by atoms with Crippen molar-refractivity contribution < 1.29 is 37.3 Å². The number of alkyl halides is 3. The van der Waals surface area contributed by atoms with Gasteiger partial charge in [-0.2, -0.15) is 18.3 Å². The fourth-order valence-electron chi connectivity index (χ4n) is 4.26. The number of halogens is 3. The van der Waals surface area contributed by atoms with Crippen molar-refractivity contribution in [3.05, 3.63) is 71.0 Å². The van der Waals surface area contributed by atoms with Crippen molar-refractivity contribution in [2.24, 2.45) is 0 Å². The molecule has 9 nitrogen and oxygen atoms in total. The predicted octanol–water partition coefficient (Wildman–Crippen LogP) is 2.86. The molecule has 1 aromatic heterocycles. The second-order valence-electron chi connectivity index (χ2n) is 8.79. The first kappa shape index (κ1) is 27.0. The van der Waals surface area contributed by atoms with Crippen LogP contribution in [0.15, 0.2) is 48.5 Å². The molecule has 38 heavy (non-hydrogen) atoms. The Kier molecular flexibility index (Phi) is 7.91. The monoisotopic (exact) mass is 532 g/mol. The minimum atomic E-state index is -4.74. The van der Waals surface area contributed by atoms with Crippen LogP contribution in [-0.2, 0) is 35.2 Å². The number of hydrogen-bond acceptors (Lipinski definition) is 6. The van der Waals surface area contributed by atoms with Crippen LogP contribution < -0.4 is 19.7 Å². The number of hydrogen-bond donors (Lipinski definition) is 2. The summed E-state index contributed by atoms with van der Waals surface area (Å²) < 4.78 is 52.0. The second-order valence-corrected chi connectivity index (χ2v) is 8.79. The van der Waals surface area contributed by atoms with Gasteiger partial charge in [0.15, 0.2) is 17.2 Å². The van der Waals surface area contributed by atoms with Gasteiger partial charge in [-0.3, -0.25) is 14.3 Å². The molecule has 2 aromatic carbocycles. The summed E-state index contributed by atoms with van der Waals surface area (Å²) in [7, 11) is 1.55. The Morgan fingerprint density at radius 1 is 1.16 bits per heavy atom. The van der Waals surface area contributed by atoms with E-state index in [9.17, 15) is 27.9 Å². The molecule has 4 rings (SSSR count). The van der Waals surface area contributed by atoms with Gasteiger partial charge in [-0.1, -0.05) is 30.3 Å². The van der Waals surface area contributed by atoms with Gasteiger partial charge < -0.3 is 24.8 Å². The van der Waals surface area contributed by atoms with Gasteiger partial charge in [0.2, 0.25) is 18.6 Å². The highest BCUT2D eigenvalue weighted by molar-refractivity contribution is 5.99. The number of amides is 2. The van der Waals surface area contributed by atoms with E-state index >= 15 is 0 Å². The van der Waals surface area contributed by atoms with Crippen LogP contribution in [0.3, 0.4) is 0 Å². The highest BCUT2D eigenvalue weighted by atomic mass is 19.4. The van der Waals surface area contributed by atoms with Crippen LogP contribution in [0.25, 0.3) is 0 Å². The quantitative estimate of drug-likeness (QED) is 0.439. The van der Waals surface area contributed by atoms with Crippen LogP contribution in [-0.4, -0.2) is 53.2 Å². The Labute approximate surface area is 216 Å². The third-order valence-corrected chi connectivity index (χ3v) is 6.24. The molecule has 1 atom stereocenters. The zero-order chi connectivity index (χ0) is 27.4. The van der Waals surface area contributed by atoms with E-state index in [0.29, 0.717) is 17.2 Å². The number of anilines is 1. The van der Waals surface area contributed by atoms with Gasteiger partial charge in [0.05, 0.1) is 0 Å². The highest BCUT2D eigenvalue weighted by Crippen LogP contribution is 2.35. The topological polar surface area (TPSA) is 106 Å². The maximum atomic E-state index is 13.5. The van der Waals surface area contributed by atoms with E-state index in [0.717, 1.165) is 10.2 Å². The predicted molar refractivity (Wildman–Crippen MR) is 131 cm³/mol. The molecule has 0 bridgehead atoms. The number of aromatic nitrogens is 2. The first-order valence-electron chi connectivity index (χ1n) is 11.8. The molecule has 2 heterocycles. The molecule has 1 aliphatic heterocycles. The summed E-state index contributed by atoms with van der Waals surface area (Å²) in [5, 5.41) is 15.5. The molecule has 0 radical (unpaired) electrons. The average Bonchev–Trinajstić information content (AvgIpc) is 3.48. The van der Waals surface area contributed by atoms with Crippen LogP contribution in [0.1, 0.15) is 22.5 Å². The molecule has 0 spiro atoms. The molecular weight excluding hydrogens is 505 g/mol. The Balaban J connectivity index is 1.56. The molecule has 12 heteroatoms. The number of nitrogens with one attached hydrogen (secondary N) is 1. The molecule has 0 saturated heterocycles. The minimum Gasteiger partial charge on any atom is -0.454 e. The third kappa shape index (κ3) is 5.91. The maximum Gasteiger partial charge on any atom is 0.435 e. The Morgan fingerprint density at radius 3 is 2.55 bits per heavy atom. The van der Waals surface area contributed by atoms with Crippen molar-refractivity contribution in [3.63, 3.8) is 0 Å². The number of rotatable bonds is 9. The van der Waals surface area contributed by atoms with Gasteiger partial charge in [0.1, 0.15) is 12.6 Å². The molecule has 1 unspecified atom stereocenters. The van der Waals surface area contributed by atoms with E-state index in [1.54, 1.807) is 49.5 Å². The van der Waals surface area contributed by atoms with Crippen LogP contribution in [0, 0.1) is 6.92 Å². The van der Waals surface area contributed by atoms with Crippen molar-refractivity contribution in [3.8, 4) is 11.5 Å². The lowest BCUT2D eigenvalue weighted by Gasteiger charge is -2.25. The average molecular weight is 533 g/mol. The zero-order valence-electron chi connectivity index (χ0n) is 20.8. The first-order chi connectivity index (χ1) is 18.1. The number of ether oxygens (including phenoxy) is 2. The number of aliphatic hydroxyl groups is 1. The van der Waals surface area contributed by atoms with Crippen LogP contribution in [0.4, 0.5) is 18.9 Å². The number of benzene rings is 2. The van der Waals surface area contributed by atoms with E-state index in [1.165, 1.54) is 11.8 Å². The third-order valence-electron chi connectivity index (χ3n) is 6.24. The molecular formula is C26H27F3N4O5. The molecule has 3 aromatic rings. The SMILES string of the molecule is Cc1c(CCO)c(C(F)(F)F)nn1CC(=O)NC(Cc1ccccc1)C(=O)N(C)c1ccc2c(c1)OCO2. The molecule has 0 fully saturated rings. The van der Waals surface area contributed by atoms with Crippen molar-refractivity contribution in [1.82, 2.24) is 15.1 Å². The van der Waals surface area contributed by atoms with E-state index < -0.39 is 42.9 Å². The number of carbonyl (C=O) groups is 2. The van der Waals surface area contributed by atoms with Gasteiger partial charge in [0, 0.05) is 43.1 Å². The summed E-state index contributed by atoms with van der Waals surface area (Å²) >= 11 is 0. The molecule has 1 aliphatic rings. The number of aliphatic hydroxyl groups excluding tert-OH is 1. The van der Waals surface area contributed by atoms with Crippen LogP contribution in [0.2, 0.25) is 0 Å². The maximum absolute atomic E-state index is 13.5. The van der Waals surface area contributed by atoms with E-state index in [4.69, 9.17) is 9.47 Å². The summed E-state index contributed by atoms with van der Waals surface area (Å²) in [5.41, 5.74) is 0.0940. The van der Waals surface area contributed by atoms with Gasteiger partial charge in [-0.15, -0.1) is 0 Å². The van der Waals surface area contributed by atoms with Gasteiger partial charge in [0.25, 0.3) is 0 Å². The minimum absolute atomic E-state index is 0.0755. The van der Waals surface area contributed by atoms with Gasteiger partial charge in [-0.25, -0.2) is 0 Å². The summed E-state index contributed by atoms with van der Waals surface area (Å²) in [4.78, 5) is 27.9. The van der Waals surface area contributed by atoms with Gasteiger partial charge in [-0.05, 0) is 31.0 Å². The number of carbonyl (C=O) groups excluding carboxylic acids is 2.